The Hall–Kier alpha value is -3.64. The molecule has 1 aromatic heterocycles. The summed E-state index contributed by atoms with van der Waals surface area (Å²) in [7, 11) is 0. The van der Waals surface area contributed by atoms with Gasteiger partial charge in [-0.05, 0) is 19.1 Å². The zero-order valence-electron chi connectivity index (χ0n) is 17.4. The average molecular weight is 584 g/mol. The molecule has 1 N–H and O–H groups in total. The van der Waals surface area contributed by atoms with Crippen molar-refractivity contribution < 1.29 is 75.3 Å². The third-order valence-corrected chi connectivity index (χ3v) is 4.78. The van der Waals surface area contributed by atoms with Crippen LogP contribution in [0.2, 0.25) is 0 Å². The number of ketones is 1. The summed E-state index contributed by atoms with van der Waals surface area (Å²) in [4.78, 5) is 12.8. The molecule has 0 spiro atoms. The first-order chi connectivity index (χ1) is 16.4. The Morgan fingerprint density at radius 1 is 0.892 bits per heavy atom. The number of halogens is 11. The van der Waals surface area contributed by atoms with Crippen molar-refractivity contribution in [2.45, 2.75) is 19.3 Å². The van der Waals surface area contributed by atoms with Gasteiger partial charge in [0.25, 0.3) is 0 Å². The number of carbonyl (C=O) groups is 1. The Balaban J connectivity index is 0.00000481. The molecule has 0 saturated heterocycles. The molecule has 0 saturated carbocycles. The second kappa shape index (κ2) is 9.67. The zero-order valence-corrected chi connectivity index (χ0v) is 18.6. The number of nitrogens with zero attached hydrogens (tertiary/aromatic N) is 3. The molecule has 2 aromatic carbocycles. The van der Waals surface area contributed by atoms with E-state index in [1.807, 2.05) is 0 Å². The van der Waals surface area contributed by atoms with Gasteiger partial charge in [-0.15, -0.1) is 0 Å². The third-order valence-electron chi connectivity index (χ3n) is 4.78. The fraction of sp³-hybridized carbons (Fsp3) is 0.150. The number of benzene rings is 2. The van der Waals surface area contributed by atoms with Gasteiger partial charge in [0.15, 0.2) is 29.1 Å². The number of aromatic hydroxyl groups is 1. The molecule has 0 aliphatic heterocycles. The van der Waals surface area contributed by atoms with Crippen LogP contribution in [0.1, 0.15) is 38.3 Å². The van der Waals surface area contributed by atoms with E-state index in [1.165, 1.54) is 0 Å². The van der Waals surface area contributed by atoms with Gasteiger partial charge in [0.2, 0.25) is 11.7 Å². The summed E-state index contributed by atoms with van der Waals surface area (Å²) in [5.74, 6) is -16.0. The average Bonchev–Trinajstić information content (AvgIpc) is 3.07. The van der Waals surface area contributed by atoms with Crippen LogP contribution in [0.5, 0.6) is 5.88 Å². The van der Waals surface area contributed by atoms with E-state index >= 15 is 0 Å². The molecule has 37 heavy (non-hydrogen) atoms. The van der Waals surface area contributed by atoms with Gasteiger partial charge in [0, 0.05) is 22.6 Å². The monoisotopic (exact) mass is 584 g/mol. The number of alkyl halides is 6. The second-order valence-electron chi connectivity index (χ2n) is 7.00. The van der Waals surface area contributed by atoms with E-state index in [0.29, 0.717) is 0 Å². The maximum absolute atomic E-state index is 14.1. The predicted molar refractivity (Wildman–Crippen MR) is 94.3 cm³/mol. The quantitative estimate of drug-likeness (QED) is 0.141. The minimum Gasteiger partial charge on any atom is -0.493 e. The second-order valence-corrected chi connectivity index (χ2v) is 7.00. The van der Waals surface area contributed by atoms with Crippen molar-refractivity contribution in [2.24, 2.45) is 0 Å². The van der Waals surface area contributed by atoms with E-state index < -0.39 is 92.3 Å². The van der Waals surface area contributed by atoms with Gasteiger partial charge in [-0.25, -0.2) is 22.0 Å². The minimum absolute atomic E-state index is 0. The number of carbonyl (C=O) groups excluding carboxylic acids is 1. The molecule has 0 aliphatic carbocycles. The molecule has 5 nitrogen and oxygen atoms in total. The molecule has 3 rings (SSSR count). The fourth-order valence-corrected chi connectivity index (χ4v) is 3.20. The Morgan fingerprint density at radius 2 is 1.30 bits per heavy atom. The molecule has 0 bridgehead atoms. The number of nitriles is 1. The third kappa shape index (κ3) is 4.86. The van der Waals surface area contributed by atoms with Crippen molar-refractivity contribution in [2.75, 3.05) is 0 Å². The molecule has 1 heterocycles. The van der Waals surface area contributed by atoms with Crippen LogP contribution in [-0.4, -0.2) is 20.7 Å². The summed E-state index contributed by atoms with van der Waals surface area (Å²) < 4.78 is 148. The van der Waals surface area contributed by atoms with E-state index in [9.17, 15) is 58.2 Å². The standard InChI is InChI=1S/C20H6F11N3O2.Mn/c1-5-10(18(36)34(33-5)16-14(24)12(22)11(21)13(23)15(16)25)17(35)6-2-8(19(26,27)28)7(4-32)9(3-6)20(29,30)31;/h2-3,36H,1H3;. The van der Waals surface area contributed by atoms with Crippen LogP contribution in [0, 0.1) is 47.3 Å². The van der Waals surface area contributed by atoms with Crippen LogP contribution in [0.4, 0.5) is 48.3 Å². The first-order valence-electron chi connectivity index (χ1n) is 9.01. The topological polar surface area (TPSA) is 78.9 Å². The van der Waals surface area contributed by atoms with Gasteiger partial charge in [-0.1, -0.05) is 0 Å². The molecule has 1 radical (unpaired) electrons. The molecular weight excluding hydrogens is 578 g/mol. The maximum Gasteiger partial charge on any atom is 0.417 e. The number of rotatable bonds is 3. The molecule has 197 valence electrons. The van der Waals surface area contributed by atoms with E-state index in [1.54, 1.807) is 0 Å². The Morgan fingerprint density at radius 3 is 1.68 bits per heavy atom. The van der Waals surface area contributed by atoms with Crippen LogP contribution in [-0.2, 0) is 29.4 Å². The van der Waals surface area contributed by atoms with E-state index in [2.05, 4.69) is 5.10 Å². The fourth-order valence-electron chi connectivity index (χ4n) is 3.20. The molecule has 0 unspecified atom stereocenters. The first-order valence-corrected chi connectivity index (χ1v) is 9.01. The Kier molecular flexibility index (Phi) is 7.73. The largest absolute Gasteiger partial charge is 0.493 e. The van der Waals surface area contributed by atoms with Crippen LogP contribution >= 0.6 is 0 Å². The molecule has 17 heteroatoms. The predicted octanol–water partition coefficient (Wildman–Crippen LogP) is 5.72. The van der Waals surface area contributed by atoms with Crippen molar-refractivity contribution in [3.63, 3.8) is 0 Å². The van der Waals surface area contributed by atoms with Gasteiger partial charge in [-0.3, -0.25) is 4.79 Å². The van der Waals surface area contributed by atoms with Gasteiger partial charge < -0.3 is 5.11 Å². The number of aryl methyl sites for hydroxylation is 1. The van der Waals surface area contributed by atoms with Crippen LogP contribution in [0.15, 0.2) is 12.1 Å². The maximum atomic E-state index is 14.1. The van der Waals surface area contributed by atoms with Crippen LogP contribution in [0.25, 0.3) is 5.69 Å². The molecule has 0 aliphatic rings. The summed E-state index contributed by atoms with van der Waals surface area (Å²) in [6.07, 6.45) is -11.1. The Labute approximate surface area is 208 Å². The summed E-state index contributed by atoms with van der Waals surface area (Å²) in [6, 6.07) is 0.489. The molecule has 3 aromatic rings. The molecular formula is C20H6F11MnN3O2. The van der Waals surface area contributed by atoms with Crippen molar-refractivity contribution >= 4 is 5.78 Å². The van der Waals surface area contributed by atoms with E-state index in [4.69, 9.17) is 5.26 Å². The van der Waals surface area contributed by atoms with Crippen molar-refractivity contribution in [3.8, 4) is 17.6 Å². The van der Waals surface area contributed by atoms with Crippen molar-refractivity contribution in [1.82, 2.24) is 9.78 Å². The summed E-state index contributed by atoms with van der Waals surface area (Å²) in [5, 5.41) is 22.4. The van der Waals surface area contributed by atoms with Crippen molar-refractivity contribution in [1.29, 1.82) is 5.26 Å². The van der Waals surface area contributed by atoms with Gasteiger partial charge >= 0.3 is 12.4 Å². The minimum atomic E-state index is -5.56. The van der Waals surface area contributed by atoms with Gasteiger partial charge in [0.05, 0.1) is 22.4 Å². The first kappa shape index (κ1) is 29.6. The molecule has 0 atom stereocenters. The van der Waals surface area contributed by atoms with Crippen molar-refractivity contribution in [3.05, 3.63) is 74.7 Å². The summed E-state index contributed by atoms with van der Waals surface area (Å²) >= 11 is 0. The normalized spacial score (nSPS) is 11.8. The number of hydrogen-bond acceptors (Lipinski definition) is 4. The summed E-state index contributed by atoms with van der Waals surface area (Å²) in [5.41, 5.74) is -11.4. The van der Waals surface area contributed by atoms with E-state index in [0.717, 1.165) is 13.0 Å². The van der Waals surface area contributed by atoms with Gasteiger partial charge in [-0.2, -0.15) is 41.4 Å². The summed E-state index contributed by atoms with van der Waals surface area (Å²) in [6.45, 7) is 0.800. The Bertz CT molecular complexity index is 1410. The van der Waals surface area contributed by atoms with Crippen LogP contribution in [0.3, 0.4) is 0 Å². The SMILES string of the molecule is Cc1nn(-c2c(F)c(F)c(F)c(F)c2F)c(O)c1C(=O)c1cc(C(F)(F)F)c(C#N)c(C(F)(F)F)c1.[Mn]. The van der Waals surface area contributed by atoms with Gasteiger partial charge in [0.1, 0.15) is 17.3 Å². The number of aromatic nitrogens is 2. The number of hydrogen-bond donors (Lipinski definition) is 1. The smallest absolute Gasteiger partial charge is 0.417 e. The van der Waals surface area contributed by atoms with E-state index in [-0.39, 0.29) is 33.9 Å². The molecule has 0 fully saturated rings. The zero-order chi connectivity index (χ0) is 27.5. The van der Waals surface area contributed by atoms with Crippen LogP contribution < -0.4 is 0 Å². The molecule has 0 amide bonds.